The van der Waals surface area contributed by atoms with Crippen molar-refractivity contribution in [2.24, 2.45) is 17.8 Å². The van der Waals surface area contributed by atoms with Crippen molar-refractivity contribution in [3.63, 3.8) is 0 Å². The Kier molecular flexibility index (Phi) is 12.2. The van der Waals surface area contributed by atoms with Gasteiger partial charge >= 0.3 is 6.03 Å². The lowest BCUT2D eigenvalue weighted by Crippen LogP contribution is -2.63. The maximum absolute atomic E-state index is 14.4. The van der Waals surface area contributed by atoms with E-state index in [1.165, 1.54) is 4.90 Å². The number of carbonyl (C=O) groups is 5. The van der Waals surface area contributed by atoms with Crippen molar-refractivity contribution >= 4 is 29.7 Å². The Hall–Kier alpha value is -3.15. The first-order valence-electron chi connectivity index (χ1n) is 15.4. The minimum atomic E-state index is -1.07. The molecule has 0 spiro atoms. The summed E-state index contributed by atoms with van der Waals surface area (Å²) in [5, 5.41) is 9.66. The summed E-state index contributed by atoms with van der Waals surface area (Å²) >= 11 is 0. The first-order chi connectivity index (χ1) is 19.8. The molecule has 0 aliphatic carbocycles. The van der Waals surface area contributed by atoms with Crippen LogP contribution in [-0.2, 0) is 23.9 Å². The van der Waals surface area contributed by atoms with Gasteiger partial charge in [-0.25, -0.2) is 9.80 Å². The van der Waals surface area contributed by atoms with Crippen molar-refractivity contribution in [3.8, 4) is 0 Å². The van der Waals surface area contributed by atoms with Crippen LogP contribution >= 0.6 is 0 Å². The number of nitrogens with zero attached hydrogens (tertiary/aromatic N) is 2. The van der Waals surface area contributed by atoms with E-state index in [0.29, 0.717) is 25.8 Å². The third-order valence-electron chi connectivity index (χ3n) is 7.66. The minimum Gasteiger partial charge on any atom is -0.370 e. The van der Waals surface area contributed by atoms with Crippen molar-refractivity contribution in [3.05, 3.63) is 12.7 Å². The summed E-state index contributed by atoms with van der Waals surface area (Å²) in [5.74, 6) is -1.81. The van der Waals surface area contributed by atoms with E-state index in [1.54, 1.807) is 0 Å². The molecule has 0 radical (unpaired) electrons. The Morgan fingerprint density at radius 1 is 1.16 bits per heavy atom. The monoisotopic (exact) mass is 606 g/mol. The predicted molar refractivity (Wildman–Crippen MR) is 164 cm³/mol. The number of amides is 6. The lowest BCUT2D eigenvalue weighted by Gasteiger charge is -2.37. The van der Waals surface area contributed by atoms with Gasteiger partial charge in [0.25, 0.3) is 11.8 Å². The highest BCUT2D eigenvalue weighted by molar-refractivity contribution is 5.95. The molecule has 6 amide bonds. The molecule has 2 rings (SSSR count). The fourth-order valence-electron chi connectivity index (χ4n) is 6.02. The van der Waals surface area contributed by atoms with E-state index in [0.717, 1.165) is 11.1 Å². The summed E-state index contributed by atoms with van der Waals surface area (Å²) in [4.78, 5) is 67.6. The fraction of sp³-hybridized carbons (Fsp3) is 0.774. The quantitative estimate of drug-likeness (QED) is 0.222. The summed E-state index contributed by atoms with van der Waals surface area (Å²) < 4.78 is 6.26. The SMILES string of the molecule is C=CC(=O)N(C[C@@H]1CCC(=O)N1)NC(=O)[C@@H]1[C@@H](C(C)C)[C@@H](C)CN1C(=O)[C@@H](NC(=O)NC(C)(C)C)[C@@H](CC)OC(C)(C)C. The number of carbonyl (C=O) groups excluding carboxylic acids is 5. The molecule has 2 aliphatic heterocycles. The van der Waals surface area contributed by atoms with Gasteiger partial charge in [-0.15, -0.1) is 0 Å². The van der Waals surface area contributed by atoms with E-state index in [4.69, 9.17) is 4.74 Å². The van der Waals surface area contributed by atoms with E-state index in [1.807, 2.05) is 69.2 Å². The molecule has 2 saturated heterocycles. The molecule has 0 unspecified atom stereocenters. The normalized spacial score (nSPS) is 23.8. The van der Waals surface area contributed by atoms with E-state index in [9.17, 15) is 24.0 Å². The van der Waals surface area contributed by atoms with Crippen LogP contribution in [0.5, 0.6) is 0 Å². The van der Waals surface area contributed by atoms with Crippen LogP contribution in [-0.4, -0.2) is 88.0 Å². The summed E-state index contributed by atoms with van der Waals surface area (Å²) in [6.07, 6.45) is 1.75. The number of hydrazine groups is 1. The number of nitrogens with one attached hydrogen (secondary N) is 4. The Morgan fingerprint density at radius 3 is 2.26 bits per heavy atom. The smallest absolute Gasteiger partial charge is 0.315 e. The Bertz CT molecular complexity index is 1050. The van der Waals surface area contributed by atoms with Gasteiger partial charge in [-0.2, -0.15) is 0 Å². The van der Waals surface area contributed by atoms with Crippen LogP contribution in [0.25, 0.3) is 0 Å². The lowest BCUT2D eigenvalue weighted by molar-refractivity contribution is -0.150. The summed E-state index contributed by atoms with van der Waals surface area (Å²) in [6, 6.07) is -2.81. The van der Waals surface area contributed by atoms with E-state index in [2.05, 4.69) is 28.0 Å². The molecule has 2 heterocycles. The zero-order valence-corrected chi connectivity index (χ0v) is 27.7. The van der Waals surface area contributed by atoms with Gasteiger partial charge < -0.3 is 25.6 Å². The van der Waals surface area contributed by atoms with Gasteiger partial charge in [0, 0.05) is 24.5 Å². The summed E-state index contributed by atoms with van der Waals surface area (Å²) in [5.41, 5.74) is 1.59. The second-order valence-electron chi connectivity index (χ2n) is 14.2. The first kappa shape index (κ1) is 36.0. The molecule has 0 saturated carbocycles. The zero-order valence-electron chi connectivity index (χ0n) is 27.7. The third-order valence-corrected chi connectivity index (χ3v) is 7.66. The Morgan fingerprint density at radius 2 is 1.79 bits per heavy atom. The lowest BCUT2D eigenvalue weighted by atomic mass is 9.82. The van der Waals surface area contributed by atoms with Crippen LogP contribution in [0.2, 0.25) is 0 Å². The van der Waals surface area contributed by atoms with Crippen LogP contribution in [0.15, 0.2) is 12.7 Å². The number of rotatable bonds is 10. The molecule has 244 valence electrons. The Balaban J connectivity index is 2.46. The average molecular weight is 607 g/mol. The van der Waals surface area contributed by atoms with E-state index < -0.39 is 53.1 Å². The molecule has 0 aromatic carbocycles. The zero-order chi connectivity index (χ0) is 32.9. The van der Waals surface area contributed by atoms with Gasteiger partial charge in [0.2, 0.25) is 11.8 Å². The maximum atomic E-state index is 14.4. The standard InChI is InChI=1S/C31H54N6O6/c1-12-21(43-31(9,10)11)25(33-29(42)34-30(6,7)8)28(41)36-16-19(5)24(18(3)4)26(36)27(40)35-37(23(39)13-2)17-20-14-15-22(38)32-20/h13,18-21,24-26H,2,12,14-17H2,1,3-11H3,(H,32,38)(H,35,40)(H2,33,34,42)/t19-,20-,21+,24-,25-,26-/m0/s1. The van der Waals surface area contributed by atoms with E-state index >= 15 is 0 Å². The summed E-state index contributed by atoms with van der Waals surface area (Å²) in [7, 11) is 0. The molecule has 2 fully saturated rings. The minimum absolute atomic E-state index is 0.0321. The molecule has 4 N–H and O–H groups in total. The molecule has 0 bridgehead atoms. The first-order valence-corrected chi connectivity index (χ1v) is 15.4. The molecule has 0 aromatic rings. The predicted octanol–water partition coefficient (Wildman–Crippen LogP) is 2.49. The second kappa shape index (κ2) is 14.5. The number of urea groups is 1. The highest BCUT2D eigenvalue weighted by atomic mass is 16.5. The summed E-state index contributed by atoms with van der Waals surface area (Å²) in [6.45, 7) is 23.0. The molecule has 12 nitrogen and oxygen atoms in total. The van der Waals surface area contributed by atoms with E-state index in [-0.39, 0.29) is 36.2 Å². The van der Waals surface area contributed by atoms with Crippen molar-refractivity contribution < 1.29 is 28.7 Å². The van der Waals surface area contributed by atoms with Crippen molar-refractivity contribution in [1.29, 1.82) is 0 Å². The van der Waals surface area contributed by atoms with Gasteiger partial charge in [-0.3, -0.25) is 24.6 Å². The molecule has 43 heavy (non-hydrogen) atoms. The fourth-order valence-corrected chi connectivity index (χ4v) is 6.02. The number of hydrogen-bond acceptors (Lipinski definition) is 6. The van der Waals surface area contributed by atoms with Gasteiger partial charge in [-0.05, 0) is 78.2 Å². The second-order valence-corrected chi connectivity index (χ2v) is 14.2. The van der Waals surface area contributed by atoms with Crippen molar-refractivity contribution in [2.45, 2.75) is 124 Å². The number of hydrogen-bond donors (Lipinski definition) is 4. The molecule has 6 atom stereocenters. The van der Waals surface area contributed by atoms with Crippen LogP contribution < -0.4 is 21.4 Å². The third kappa shape index (κ3) is 10.2. The topological polar surface area (TPSA) is 149 Å². The highest BCUT2D eigenvalue weighted by Crippen LogP contribution is 2.36. The Labute approximate surface area is 257 Å². The van der Waals surface area contributed by atoms with Gasteiger partial charge in [0.1, 0.15) is 12.1 Å². The van der Waals surface area contributed by atoms with Gasteiger partial charge in [0.15, 0.2) is 0 Å². The molecule has 2 aliphatic rings. The average Bonchev–Trinajstić information content (AvgIpc) is 3.45. The van der Waals surface area contributed by atoms with Crippen molar-refractivity contribution in [1.82, 2.24) is 31.3 Å². The molecular formula is C31H54N6O6. The van der Waals surface area contributed by atoms with Crippen LogP contribution in [0.4, 0.5) is 4.79 Å². The molecular weight excluding hydrogens is 552 g/mol. The van der Waals surface area contributed by atoms with Crippen molar-refractivity contribution in [2.75, 3.05) is 13.1 Å². The maximum Gasteiger partial charge on any atom is 0.315 e. The van der Waals surface area contributed by atoms with Crippen LogP contribution in [0.1, 0.15) is 88.5 Å². The molecule has 12 heteroatoms. The number of likely N-dealkylation sites (tertiary alicyclic amines) is 1. The molecule has 0 aromatic heterocycles. The largest absolute Gasteiger partial charge is 0.370 e. The van der Waals surface area contributed by atoms with Crippen LogP contribution in [0, 0.1) is 17.8 Å². The van der Waals surface area contributed by atoms with Gasteiger partial charge in [-0.1, -0.05) is 34.3 Å². The van der Waals surface area contributed by atoms with Crippen LogP contribution in [0.3, 0.4) is 0 Å². The highest BCUT2D eigenvalue weighted by Gasteiger charge is 2.50. The number of ether oxygens (including phenoxy) is 1. The van der Waals surface area contributed by atoms with Gasteiger partial charge in [0.05, 0.1) is 18.2 Å².